The first kappa shape index (κ1) is 30.9. The highest BCUT2D eigenvalue weighted by atomic mass is 32.2. The van der Waals surface area contributed by atoms with Gasteiger partial charge < -0.3 is 10.1 Å². The van der Waals surface area contributed by atoms with Crippen LogP contribution in [-0.4, -0.2) is 48.5 Å². The lowest BCUT2D eigenvalue weighted by molar-refractivity contribution is -0.122. The van der Waals surface area contributed by atoms with Gasteiger partial charge in [0.05, 0.1) is 33.7 Å². The lowest BCUT2D eigenvalue weighted by Gasteiger charge is -2.29. The SMILES string of the molecule is CCOC(=O)c1ccc(N2C(=O)C3Sc4c(sc(=O)n4CC(=O)Nc4ccc(S(N)(=O)=O)cc4)C(c4cccs4)C3C2=O)cc1. The van der Waals surface area contributed by atoms with Crippen LogP contribution in [0.1, 0.15) is 33.0 Å². The zero-order chi connectivity index (χ0) is 32.0. The van der Waals surface area contributed by atoms with Crippen LogP contribution in [0.5, 0.6) is 0 Å². The van der Waals surface area contributed by atoms with Gasteiger partial charge in [0.1, 0.15) is 11.8 Å². The number of amides is 3. The molecule has 0 bridgehead atoms. The van der Waals surface area contributed by atoms with Gasteiger partial charge in [-0.25, -0.2) is 23.3 Å². The maximum atomic E-state index is 14.0. The van der Waals surface area contributed by atoms with Crippen molar-refractivity contribution in [2.75, 3.05) is 16.8 Å². The minimum absolute atomic E-state index is 0.117. The number of carbonyl (C=O) groups excluding carboxylic acids is 4. The van der Waals surface area contributed by atoms with Crippen LogP contribution in [0.2, 0.25) is 0 Å². The zero-order valence-electron chi connectivity index (χ0n) is 23.4. The number of rotatable bonds is 8. The number of ether oxygens (including phenoxy) is 1. The van der Waals surface area contributed by atoms with Gasteiger partial charge in [-0.2, -0.15) is 0 Å². The first-order chi connectivity index (χ1) is 21.5. The Labute approximate surface area is 268 Å². The molecule has 3 N–H and O–H groups in total. The number of imide groups is 1. The van der Waals surface area contributed by atoms with E-state index in [4.69, 9.17) is 9.88 Å². The smallest absolute Gasteiger partial charge is 0.338 e. The van der Waals surface area contributed by atoms with E-state index >= 15 is 0 Å². The largest absolute Gasteiger partial charge is 0.462 e. The van der Waals surface area contributed by atoms with Crippen LogP contribution < -0.4 is 20.2 Å². The third kappa shape index (κ3) is 5.75. The summed E-state index contributed by atoms with van der Waals surface area (Å²) in [6.45, 7) is 1.53. The second kappa shape index (κ2) is 12.0. The van der Waals surface area contributed by atoms with Crippen molar-refractivity contribution < 1.29 is 32.3 Å². The fourth-order valence-corrected chi connectivity index (χ4v) is 9.55. The Hall–Kier alpha value is -4.09. The lowest BCUT2D eigenvalue weighted by atomic mass is 9.87. The number of nitrogens with two attached hydrogens (primary N) is 1. The van der Waals surface area contributed by atoms with Crippen molar-refractivity contribution in [1.29, 1.82) is 0 Å². The van der Waals surface area contributed by atoms with E-state index in [0.717, 1.165) is 32.9 Å². The van der Waals surface area contributed by atoms with Crippen LogP contribution in [0.15, 0.2) is 80.8 Å². The van der Waals surface area contributed by atoms with E-state index in [1.54, 1.807) is 6.92 Å². The summed E-state index contributed by atoms with van der Waals surface area (Å²) in [4.78, 5) is 68.2. The first-order valence-corrected chi connectivity index (χ1v) is 17.6. The number of primary sulfonamides is 1. The minimum Gasteiger partial charge on any atom is -0.462 e. The topological polar surface area (TPSA) is 175 Å². The summed E-state index contributed by atoms with van der Waals surface area (Å²) in [5.74, 6) is -3.32. The maximum absolute atomic E-state index is 14.0. The minimum atomic E-state index is -3.91. The number of thiophene rings is 1. The molecule has 0 spiro atoms. The van der Waals surface area contributed by atoms with E-state index in [2.05, 4.69) is 5.32 Å². The molecule has 2 aliphatic heterocycles. The van der Waals surface area contributed by atoms with Gasteiger partial charge in [0, 0.05) is 21.4 Å². The van der Waals surface area contributed by atoms with Crippen molar-refractivity contribution in [2.24, 2.45) is 11.1 Å². The monoisotopic (exact) mass is 684 g/mol. The number of sulfonamides is 1. The Morgan fingerprint density at radius 1 is 1.00 bits per heavy atom. The van der Waals surface area contributed by atoms with E-state index in [1.165, 1.54) is 64.4 Å². The van der Waals surface area contributed by atoms with Gasteiger partial charge >= 0.3 is 10.8 Å². The van der Waals surface area contributed by atoms with Crippen molar-refractivity contribution in [2.45, 2.75) is 34.6 Å². The number of esters is 1. The van der Waals surface area contributed by atoms with Crippen LogP contribution in [0, 0.1) is 5.92 Å². The Morgan fingerprint density at radius 3 is 2.33 bits per heavy atom. The van der Waals surface area contributed by atoms with E-state index in [1.807, 2.05) is 17.5 Å². The van der Waals surface area contributed by atoms with E-state index in [-0.39, 0.29) is 23.6 Å². The highest BCUT2D eigenvalue weighted by Gasteiger charge is 2.57. The van der Waals surface area contributed by atoms with Crippen molar-refractivity contribution in [3.05, 3.63) is 91.0 Å². The number of anilines is 2. The quantitative estimate of drug-likeness (QED) is 0.209. The number of thioether (sulfide) groups is 1. The molecule has 0 aliphatic carbocycles. The molecule has 4 aromatic rings. The Balaban J connectivity index is 1.31. The van der Waals surface area contributed by atoms with Gasteiger partial charge in [-0.05, 0) is 66.9 Å². The fraction of sp³-hybridized carbons (Fsp3) is 0.207. The summed E-state index contributed by atoms with van der Waals surface area (Å²) in [5, 5.41) is 9.20. The molecular formula is C29H24N4O8S4. The second-order valence-corrected chi connectivity index (χ2v) is 14.7. The van der Waals surface area contributed by atoms with Gasteiger partial charge in [-0.15, -0.1) is 11.3 Å². The maximum Gasteiger partial charge on any atom is 0.338 e. The van der Waals surface area contributed by atoms with Crippen LogP contribution in [0.4, 0.5) is 11.4 Å². The molecule has 6 rings (SSSR count). The average molecular weight is 685 g/mol. The van der Waals surface area contributed by atoms with Crippen molar-refractivity contribution in [3.8, 4) is 0 Å². The zero-order valence-corrected chi connectivity index (χ0v) is 26.6. The molecule has 0 radical (unpaired) electrons. The number of aromatic nitrogens is 1. The number of nitrogens with zero attached hydrogens (tertiary/aromatic N) is 2. The molecule has 3 unspecified atom stereocenters. The number of carbonyl (C=O) groups is 4. The lowest BCUT2D eigenvalue weighted by Crippen LogP contribution is -2.32. The standard InChI is InChI=1S/C29H24N4O8S4/c1-2-41-28(37)15-5-9-17(10-6-15)33-25(35)22-21(19-4-3-13-42-19)24-27(43-23(22)26(33)36)32(29(38)44-24)14-20(34)31-16-7-11-18(12-8-16)45(30,39)40/h3-13,21-23H,2,14H2,1H3,(H,31,34)(H2,30,39,40). The third-order valence-corrected chi connectivity index (χ3v) is 11.8. The molecule has 2 aromatic heterocycles. The van der Waals surface area contributed by atoms with Gasteiger partial charge in [0.2, 0.25) is 27.7 Å². The van der Waals surface area contributed by atoms with E-state index < -0.39 is 55.7 Å². The average Bonchev–Trinajstić information content (AvgIpc) is 3.70. The number of thiazole rings is 1. The molecule has 0 saturated carbocycles. The molecule has 232 valence electrons. The third-order valence-electron chi connectivity index (χ3n) is 7.30. The molecule has 3 atom stereocenters. The summed E-state index contributed by atoms with van der Waals surface area (Å²) in [5.41, 5.74) is 0.897. The number of benzene rings is 2. The molecular weight excluding hydrogens is 661 g/mol. The number of fused-ring (bicyclic) bond motifs is 2. The Kier molecular flexibility index (Phi) is 8.26. The van der Waals surface area contributed by atoms with Crippen molar-refractivity contribution >= 4 is 79.5 Å². The molecule has 2 aliphatic rings. The molecule has 3 amide bonds. The summed E-state index contributed by atoms with van der Waals surface area (Å²) in [7, 11) is -3.91. The normalized spacial score (nSPS) is 19.2. The fourth-order valence-electron chi connectivity index (χ4n) is 5.32. The highest BCUT2D eigenvalue weighted by Crippen LogP contribution is 2.54. The van der Waals surface area contributed by atoms with Crippen LogP contribution in [-0.2, 0) is 35.7 Å². The molecule has 1 fully saturated rings. The molecule has 4 heterocycles. The molecule has 16 heteroatoms. The number of hydrogen-bond donors (Lipinski definition) is 2. The number of hydrogen-bond acceptors (Lipinski definition) is 11. The van der Waals surface area contributed by atoms with Crippen molar-refractivity contribution in [1.82, 2.24) is 4.57 Å². The Bertz CT molecular complexity index is 1980. The molecule has 2 aromatic carbocycles. The number of nitrogens with one attached hydrogen (secondary N) is 1. The summed E-state index contributed by atoms with van der Waals surface area (Å²) in [6, 6.07) is 15.0. The molecule has 1 saturated heterocycles. The van der Waals surface area contributed by atoms with Gasteiger partial charge in [-0.1, -0.05) is 29.2 Å². The van der Waals surface area contributed by atoms with Gasteiger partial charge in [0.15, 0.2) is 0 Å². The second-order valence-electron chi connectivity index (χ2n) is 10.1. The molecule has 45 heavy (non-hydrogen) atoms. The van der Waals surface area contributed by atoms with Gasteiger partial charge in [-0.3, -0.25) is 23.7 Å². The summed E-state index contributed by atoms with van der Waals surface area (Å²) >= 11 is 3.43. The van der Waals surface area contributed by atoms with Crippen molar-refractivity contribution in [3.63, 3.8) is 0 Å². The first-order valence-electron chi connectivity index (χ1n) is 13.5. The Morgan fingerprint density at radius 2 is 1.71 bits per heavy atom. The van der Waals surface area contributed by atoms with Crippen LogP contribution >= 0.6 is 34.4 Å². The van der Waals surface area contributed by atoms with Gasteiger partial charge in [0.25, 0.3) is 0 Å². The van der Waals surface area contributed by atoms with Crippen LogP contribution in [0.25, 0.3) is 0 Å². The molecule has 12 nitrogen and oxygen atoms in total. The van der Waals surface area contributed by atoms with E-state index in [0.29, 0.717) is 21.3 Å². The summed E-state index contributed by atoms with van der Waals surface area (Å²) in [6.07, 6.45) is 0. The van der Waals surface area contributed by atoms with E-state index in [9.17, 15) is 32.4 Å². The van der Waals surface area contributed by atoms with Crippen LogP contribution in [0.3, 0.4) is 0 Å². The highest BCUT2D eigenvalue weighted by molar-refractivity contribution is 8.00. The predicted octanol–water partition coefficient (Wildman–Crippen LogP) is 3.23. The summed E-state index contributed by atoms with van der Waals surface area (Å²) < 4.78 is 29.4. The predicted molar refractivity (Wildman–Crippen MR) is 169 cm³/mol.